The van der Waals surface area contributed by atoms with Gasteiger partial charge in [-0.25, -0.2) is 12.8 Å². The van der Waals surface area contributed by atoms with Crippen LogP contribution in [0.25, 0.3) is 11.5 Å². The lowest BCUT2D eigenvalue weighted by Gasteiger charge is -2.39. The van der Waals surface area contributed by atoms with Crippen molar-refractivity contribution in [1.29, 1.82) is 0 Å². The number of sulfone groups is 1. The molecule has 2 aromatic carbocycles. The average molecular weight is 584 g/mol. The number of ether oxygens (including phenoxy) is 1. The lowest BCUT2D eigenvalue weighted by molar-refractivity contribution is -0.274. The Morgan fingerprint density at radius 2 is 1.74 bits per heavy atom. The summed E-state index contributed by atoms with van der Waals surface area (Å²) in [6.07, 6.45) is -11.5. The van der Waals surface area contributed by atoms with Crippen LogP contribution in [0.5, 0.6) is 5.75 Å². The van der Waals surface area contributed by atoms with Gasteiger partial charge < -0.3 is 19.2 Å². The summed E-state index contributed by atoms with van der Waals surface area (Å²) < 4.78 is 124. The van der Waals surface area contributed by atoms with Crippen LogP contribution in [0.2, 0.25) is 0 Å². The van der Waals surface area contributed by atoms with E-state index in [0.29, 0.717) is 0 Å². The minimum atomic E-state index is -5.01. The molecular weight excluding hydrogens is 565 g/mol. The highest BCUT2D eigenvalue weighted by Gasteiger charge is 2.38. The molecule has 0 radical (unpaired) electrons. The number of benzene rings is 2. The van der Waals surface area contributed by atoms with Gasteiger partial charge in [-0.05, 0) is 24.3 Å². The van der Waals surface area contributed by atoms with Crippen molar-refractivity contribution in [2.75, 3.05) is 29.5 Å². The Bertz CT molecular complexity index is 1410. The molecule has 1 atom stereocenters. The molecule has 3 aromatic rings. The lowest BCUT2D eigenvalue weighted by Crippen LogP contribution is -2.53. The first kappa shape index (κ1) is 28.6. The largest absolute Gasteiger partial charge is 0.573 e. The van der Waals surface area contributed by atoms with Crippen LogP contribution in [-0.2, 0) is 22.6 Å². The van der Waals surface area contributed by atoms with Gasteiger partial charge in [-0.1, -0.05) is 12.1 Å². The molecule has 1 aliphatic rings. The zero-order chi connectivity index (χ0) is 28.6. The first-order valence-corrected chi connectivity index (χ1v) is 12.9. The summed E-state index contributed by atoms with van der Waals surface area (Å²) in [7, 11) is -3.34. The Morgan fingerprint density at radius 3 is 2.33 bits per heavy atom. The normalized spacial score (nSPS) is 17.1. The number of aliphatic hydroxyl groups is 1. The molecule has 0 saturated carbocycles. The van der Waals surface area contributed by atoms with Crippen molar-refractivity contribution in [3.8, 4) is 17.2 Å². The lowest BCUT2D eigenvalue weighted by atomic mass is 10.1. The Hall–Kier alpha value is -3.44. The molecule has 9 nitrogen and oxygen atoms in total. The summed E-state index contributed by atoms with van der Waals surface area (Å²) in [5, 5.41) is 17.2. The summed E-state index contributed by atoms with van der Waals surface area (Å²) >= 11 is 0. The number of alkyl halides is 6. The topological polar surface area (TPSA) is 109 Å². The molecule has 1 N–H and O–H groups in total. The van der Waals surface area contributed by atoms with Crippen LogP contribution in [0.3, 0.4) is 0 Å². The summed E-state index contributed by atoms with van der Waals surface area (Å²) in [5.41, 5.74) is -0.304. The second-order valence-corrected chi connectivity index (χ2v) is 10.7. The number of nitrogens with zero attached hydrogens (tertiary/aromatic N) is 4. The highest BCUT2D eigenvalue weighted by atomic mass is 32.2. The van der Waals surface area contributed by atoms with Gasteiger partial charge in [-0.3, -0.25) is 4.90 Å². The van der Waals surface area contributed by atoms with Crippen LogP contribution in [0, 0.1) is 5.82 Å². The molecular formula is C22H19F7N4O5S. The molecule has 0 amide bonds. The van der Waals surface area contributed by atoms with Crippen molar-refractivity contribution in [2.45, 2.75) is 25.4 Å². The SMILES string of the molecule is O=S1(=O)CCN(C(O)N(Cc2ccc(-c3nnc(C(F)(F)F)o3)cc2F)c2cccc(OC(F)(F)F)c2)CC1. The second-order valence-electron chi connectivity index (χ2n) is 8.42. The van der Waals surface area contributed by atoms with Crippen molar-refractivity contribution < 1.29 is 53.4 Å². The summed E-state index contributed by atoms with van der Waals surface area (Å²) in [6.45, 7) is -0.638. The van der Waals surface area contributed by atoms with E-state index in [9.17, 15) is 39.9 Å². The van der Waals surface area contributed by atoms with Gasteiger partial charge in [-0.15, -0.1) is 23.4 Å². The third-order valence-corrected chi connectivity index (χ3v) is 7.28. The average Bonchev–Trinajstić information content (AvgIpc) is 3.33. The van der Waals surface area contributed by atoms with E-state index in [1.165, 1.54) is 29.2 Å². The molecule has 39 heavy (non-hydrogen) atoms. The number of hydrogen-bond acceptors (Lipinski definition) is 9. The Labute approximate surface area is 216 Å². The highest BCUT2D eigenvalue weighted by Crippen LogP contribution is 2.32. The molecule has 0 spiro atoms. The maximum Gasteiger partial charge on any atom is 0.573 e. The third-order valence-electron chi connectivity index (χ3n) is 5.68. The van der Waals surface area contributed by atoms with Crippen LogP contribution >= 0.6 is 0 Å². The van der Waals surface area contributed by atoms with Crippen LogP contribution < -0.4 is 9.64 Å². The number of aromatic nitrogens is 2. The zero-order valence-electron chi connectivity index (χ0n) is 19.6. The van der Waals surface area contributed by atoms with Gasteiger partial charge in [0.1, 0.15) is 11.6 Å². The molecule has 1 aromatic heterocycles. The minimum Gasteiger partial charge on any atom is -0.413 e. The van der Waals surface area contributed by atoms with Crippen molar-refractivity contribution in [2.24, 2.45) is 0 Å². The summed E-state index contributed by atoms with van der Waals surface area (Å²) in [4.78, 5) is 2.47. The first-order valence-electron chi connectivity index (χ1n) is 11.1. The van der Waals surface area contributed by atoms with Crippen molar-refractivity contribution in [1.82, 2.24) is 15.1 Å². The number of halogens is 7. The van der Waals surface area contributed by atoms with Crippen molar-refractivity contribution in [3.63, 3.8) is 0 Å². The van der Waals surface area contributed by atoms with E-state index in [4.69, 9.17) is 0 Å². The minimum absolute atomic E-state index is 0.0205. The predicted octanol–water partition coefficient (Wildman–Crippen LogP) is 3.81. The number of hydrogen-bond donors (Lipinski definition) is 1. The Balaban J connectivity index is 1.64. The maximum absolute atomic E-state index is 15.1. The summed E-state index contributed by atoms with van der Waals surface area (Å²) in [5.74, 6) is -4.35. The molecule has 1 unspecified atom stereocenters. The molecule has 17 heteroatoms. The van der Waals surface area contributed by atoms with E-state index in [-0.39, 0.29) is 41.4 Å². The smallest absolute Gasteiger partial charge is 0.413 e. The van der Waals surface area contributed by atoms with Gasteiger partial charge in [0.25, 0.3) is 0 Å². The molecule has 2 heterocycles. The molecule has 1 fully saturated rings. The van der Waals surface area contributed by atoms with Crippen LogP contribution in [-0.4, -0.2) is 65.9 Å². The van der Waals surface area contributed by atoms with Crippen LogP contribution in [0.15, 0.2) is 46.9 Å². The van der Waals surface area contributed by atoms with Crippen LogP contribution in [0.1, 0.15) is 11.5 Å². The van der Waals surface area contributed by atoms with E-state index in [0.717, 1.165) is 23.1 Å². The van der Waals surface area contributed by atoms with Gasteiger partial charge in [0.2, 0.25) is 5.89 Å². The quantitative estimate of drug-likeness (QED) is 0.328. The van der Waals surface area contributed by atoms with Gasteiger partial charge in [-0.2, -0.15) is 13.2 Å². The zero-order valence-corrected chi connectivity index (χ0v) is 20.4. The highest BCUT2D eigenvalue weighted by molar-refractivity contribution is 7.91. The van der Waals surface area contributed by atoms with E-state index in [2.05, 4.69) is 19.4 Å². The summed E-state index contributed by atoms with van der Waals surface area (Å²) in [6, 6.07) is 7.70. The van der Waals surface area contributed by atoms with Crippen LogP contribution in [0.4, 0.5) is 36.4 Å². The fourth-order valence-electron chi connectivity index (χ4n) is 3.77. The standard InChI is InChI=1S/C22H19F7N4O5S/c23-17-10-13(18-30-31-19(37-18)21(24,25)26)4-5-14(17)12-33(20(34)32-6-8-39(35,36)9-7-32)15-2-1-3-16(11-15)38-22(27,28)29/h1-5,10-11,20,34H,6-9,12H2. The Morgan fingerprint density at radius 1 is 1.05 bits per heavy atom. The maximum atomic E-state index is 15.1. The van der Waals surface area contributed by atoms with Gasteiger partial charge in [0.15, 0.2) is 16.2 Å². The molecule has 0 aliphatic carbocycles. The first-order chi connectivity index (χ1) is 18.1. The van der Waals surface area contributed by atoms with E-state index in [1.807, 2.05) is 0 Å². The fourth-order valence-corrected chi connectivity index (χ4v) is 5.00. The monoisotopic (exact) mass is 584 g/mol. The van der Waals surface area contributed by atoms with Gasteiger partial charge >= 0.3 is 18.4 Å². The number of rotatable bonds is 7. The Kier molecular flexibility index (Phi) is 7.77. The van der Waals surface area contributed by atoms with Crippen molar-refractivity contribution >= 4 is 15.5 Å². The molecule has 1 saturated heterocycles. The molecule has 1 aliphatic heterocycles. The van der Waals surface area contributed by atoms with Gasteiger partial charge in [0.05, 0.1) is 11.5 Å². The van der Waals surface area contributed by atoms with Gasteiger partial charge in [0, 0.05) is 42.5 Å². The van der Waals surface area contributed by atoms with E-state index in [1.54, 1.807) is 0 Å². The second kappa shape index (κ2) is 10.6. The molecule has 212 valence electrons. The van der Waals surface area contributed by atoms with Crippen molar-refractivity contribution in [3.05, 3.63) is 59.7 Å². The predicted molar refractivity (Wildman–Crippen MR) is 120 cm³/mol. The fraction of sp³-hybridized carbons (Fsp3) is 0.364. The van der Waals surface area contributed by atoms with E-state index >= 15 is 4.39 Å². The third kappa shape index (κ3) is 7.15. The molecule has 4 rings (SSSR count). The van der Waals surface area contributed by atoms with E-state index < -0.39 is 58.6 Å². The number of aliphatic hydroxyl groups excluding tert-OH is 1. The molecule has 0 bridgehead atoms. The number of anilines is 1.